The molecular weight excluding hydrogens is 268 g/mol. The number of hydrogen-bond acceptors (Lipinski definition) is 1. The fourth-order valence-electron chi connectivity index (χ4n) is 2.50. The van der Waals surface area contributed by atoms with E-state index in [2.05, 4.69) is 22.0 Å². The van der Waals surface area contributed by atoms with Crippen LogP contribution < -0.4 is 0 Å². The number of aliphatic carboxylic acids is 1. The fourth-order valence-corrected chi connectivity index (χ4v) is 3.19. The number of hydrogen-bond donors (Lipinski definition) is 1. The summed E-state index contributed by atoms with van der Waals surface area (Å²) in [5.41, 5.74) is 1.78. The van der Waals surface area contributed by atoms with E-state index in [1.54, 1.807) is 0 Å². The molecule has 0 saturated carbocycles. The Morgan fingerprint density at radius 2 is 2.19 bits per heavy atom. The van der Waals surface area contributed by atoms with Gasteiger partial charge in [-0.25, -0.2) is 0 Å². The van der Waals surface area contributed by atoms with Gasteiger partial charge in [0.2, 0.25) is 0 Å². The van der Waals surface area contributed by atoms with E-state index < -0.39 is 11.4 Å². The Bertz CT molecular complexity index is 438. The summed E-state index contributed by atoms with van der Waals surface area (Å²) in [5.74, 6) is -0.614. The normalized spacial score (nSPS) is 19.6. The molecule has 0 spiro atoms. The topological polar surface area (TPSA) is 37.3 Å². The molecule has 0 heterocycles. The first-order valence-electron chi connectivity index (χ1n) is 5.45. The minimum Gasteiger partial charge on any atom is -0.481 e. The largest absolute Gasteiger partial charge is 0.481 e. The van der Waals surface area contributed by atoms with E-state index in [0.717, 1.165) is 17.3 Å². The van der Waals surface area contributed by atoms with Crippen molar-refractivity contribution in [3.63, 3.8) is 0 Å². The van der Waals surface area contributed by atoms with Crippen LogP contribution in [-0.4, -0.2) is 11.1 Å². The Balaban J connectivity index is 2.48. The Morgan fingerprint density at radius 3 is 2.81 bits per heavy atom. The van der Waals surface area contributed by atoms with E-state index in [-0.39, 0.29) is 5.92 Å². The zero-order valence-electron chi connectivity index (χ0n) is 9.46. The van der Waals surface area contributed by atoms with Crippen LogP contribution in [-0.2, 0) is 11.2 Å². The van der Waals surface area contributed by atoms with E-state index >= 15 is 0 Å². The monoisotopic (exact) mass is 282 g/mol. The quantitative estimate of drug-likeness (QED) is 0.900. The first-order chi connectivity index (χ1) is 7.44. The number of carboxylic acids is 1. The van der Waals surface area contributed by atoms with Crippen molar-refractivity contribution in [1.29, 1.82) is 0 Å². The molecule has 1 aromatic carbocycles. The molecule has 0 aliphatic heterocycles. The lowest BCUT2D eigenvalue weighted by atomic mass is 9.76. The smallest absolute Gasteiger partial charge is 0.309 e. The highest BCUT2D eigenvalue weighted by Crippen LogP contribution is 2.47. The van der Waals surface area contributed by atoms with Gasteiger partial charge in [0.25, 0.3) is 0 Å². The molecule has 3 heteroatoms. The van der Waals surface area contributed by atoms with Crippen molar-refractivity contribution in [2.45, 2.75) is 32.6 Å². The minimum atomic E-state index is -0.721. The standard InChI is InChI=1S/C13H15BrO2/c1-13(2,12(15)16)9-7-6-8-4-3-5-10(14)11(8)9/h3-5,9H,6-7H2,1-2H3,(H,15,16). The molecule has 1 aliphatic rings. The molecule has 0 saturated heterocycles. The number of aryl methyl sites for hydroxylation is 1. The van der Waals surface area contributed by atoms with Crippen LogP contribution in [0.25, 0.3) is 0 Å². The van der Waals surface area contributed by atoms with E-state index in [4.69, 9.17) is 0 Å². The number of fused-ring (bicyclic) bond motifs is 1. The molecule has 1 aromatic rings. The lowest BCUT2D eigenvalue weighted by molar-refractivity contribution is -0.148. The van der Waals surface area contributed by atoms with Gasteiger partial charge >= 0.3 is 5.97 Å². The third-order valence-corrected chi connectivity index (χ3v) is 4.31. The summed E-state index contributed by atoms with van der Waals surface area (Å²) >= 11 is 3.54. The van der Waals surface area contributed by atoms with Crippen LogP contribution in [0.4, 0.5) is 0 Å². The summed E-state index contributed by atoms with van der Waals surface area (Å²) in [6.07, 6.45) is 1.91. The van der Waals surface area contributed by atoms with Crippen molar-refractivity contribution >= 4 is 21.9 Å². The van der Waals surface area contributed by atoms with Crippen LogP contribution in [0.5, 0.6) is 0 Å². The number of carbonyl (C=O) groups is 1. The zero-order valence-corrected chi connectivity index (χ0v) is 11.0. The minimum absolute atomic E-state index is 0.107. The van der Waals surface area contributed by atoms with Gasteiger partial charge in [-0.2, -0.15) is 0 Å². The van der Waals surface area contributed by atoms with Gasteiger partial charge in [-0.3, -0.25) is 4.79 Å². The van der Waals surface area contributed by atoms with Crippen LogP contribution in [0.3, 0.4) is 0 Å². The fraction of sp³-hybridized carbons (Fsp3) is 0.462. The molecule has 16 heavy (non-hydrogen) atoms. The van der Waals surface area contributed by atoms with Gasteiger partial charge in [0, 0.05) is 10.4 Å². The molecule has 0 amide bonds. The summed E-state index contributed by atoms with van der Waals surface area (Å²) < 4.78 is 1.04. The Hall–Kier alpha value is -0.830. The van der Waals surface area contributed by atoms with E-state index in [9.17, 15) is 9.90 Å². The van der Waals surface area contributed by atoms with Gasteiger partial charge in [-0.15, -0.1) is 0 Å². The second kappa shape index (κ2) is 3.88. The van der Waals surface area contributed by atoms with Crippen molar-refractivity contribution in [3.05, 3.63) is 33.8 Å². The number of benzene rings is 1. The zero-order chi connectivity index (χ0) is 11.9. The molecule has 1 atom stereocenters. The molecule has 0 bridgehead atoms. The van der Waals surface area contributed by atoms with Crippen LogP contribution in [0.2, 0.25) is 0 Å². The summed E-state index contributed by atoms with van der Waals surface area (Å²) in [4.78, 5) is 11.3. The highest BCUT2D eigenvalue weighted by atomic mass is 79.9. The van der Waals surface area contributed by atoms with Crippen LogP contribution >= 0.6 is 15.9 Å². The van der Waals surface area contributed by atoms with Gasteiger partial charge in [0.05, 0.1) is 5.41 Å². The van der Waals surface area contributed by atoms with E-state index in [0.29, 0.717) is 0 Å². The molecule has 1 aliphatic carbocycles. The molecule has 86 valence electrons. The maximum Gasteiger partial charge on any atom is 0.309 e. The van der Waals surface area contributed by atoms with Gasteiger partial charge in [0.15, 0.2) is 0 Å². The van der Waals surface area contributed by atoms with Crippen LogP contribution in [0.1, 0.15) is 37.3 Å². The maximum absolute atomic E-state index is 11.3. The molecule has 1 unspecified atom stereocenters. The molecule has 2 nitrogen and oxygen atoms in total. The van der Waals surface area contributed by atoms with Crippen molar-refractivity contribution < 1.29 is 9.90 Å². The average molecular weight is 283 g/mol. The van der Waals surface area contributed by atoms with Gasteiger partial charge < -0.3 is 5.11 Å². The highest BCUT2D eigenvalue weighted by molar-refractivity contribution is 9.10. The summed E-state index contributed by atoms with van der Waals surface area (Å²) in [7, 11) is 0. The molecule has 0 fully saturated rings. The third kappa shape index (κ3) is 1.67. The Labute approximate surface area is 104 Å². The molecule has 0 aromatic heterocycles. The van der Waals surface area contributed by atoms with Gasteiger partial charge in [-0.05, 0) is 43.9 Å². The van der Waals surface area contributed by atoms with Crippen LogP contribution in [0, 0.1) is 5.41 Å². The Kier molecular flexibility index (Phi) is 2.82. The summed E-state index contributed by atoms with van der Waals surface area (Å²) in [5, 5.41) is 9.30. The third-order valence-electron chi connectivity index (χ3n) is 3.62. The van der Waals surface area contributed by atoms with Crippen LogP contribution in [0.15, 0.2) is 22.7 Å². The van der Waals surface area contributed by atoms with E-state index in [1.165, 1.54) is 11.1 Å². The number of carboxylic acid groups (broad SMARTS) is 1. The van der Waals surface area contributed by atoms with Gasteiger partial charge in [-0.1, -0.05) is 28.1 Å². The second-order valence-electron chi connectivity index (χ2n) is 4.93. The second-order valence-corrected chi connectivity index (χ2v) is 5.79. The molecule has 2 rings (SSSR count). The predicted octanol–water partition coefficient (Wildman–Crippen LogP) is 3.59. The summed E-state index contributed by atoms with van der Waals surface area (Å²) in [6.45, 7) is 3.63. The first kappa shape index (κ1) is 11.6. The number of halogens is 1. The highest BCUT2D eigenvalue weighted by Gasteiger charge is 2.41. The lowest BCUT2D eigenvalue weighted by Crippen LogP contribution is -2.30. The average Bonchev–Trinajstić information content (AvgIpc) is 2.63. The number of rotatable bonds is 2. The van der Waals surface area contributed by atoms with Gasteiger partial charge in [0.1, 0.15) is 0 Å². The molecule has 0 radical (unpaired) electrons. The van der Waals surface area contributed by atoms with Crippen molar-refractivity contribution in [3.8, 4) is 0 Å². The maximum atomic E-state index is 11.3. The lowest BCUT2D eigenvalue weighted by Gasteiger charge is -2.28. The van der Waals surface area contributed by atoms with Crippen molar-refractivity contribution in [2.24, 2.45) is 5.41 Å². The van der Waals surface area contributed by atoms with E-state index in [1.807, 2.05) is 26.0 Å². The predicted molar refractivity (Wildman–Crippen MR) is 66.6 cm³/mol. The van der Waals surface area contributed by atoms with Crippen molar-refractivity contribution in [2.75, 3.05) is 0 Å². The first-order valence-corrected chi connectivity index (χ1v) is 6.24. The molecular formula is C13H15BrO2. The Morgan fingerprint density at radius 1 is 1.50 bits per heavy atom. The SMILES string of the molecule is CC(C)(C(=O)O)C1CCc2cccc(Br)c21. The molecule has 1 N–H and O–H groups in total. The van der Waals surface area contributed by atoms with Crippen molar-refractivity contribution in [1.82, 2.24) is 0 Å². The summed E-state index contributed by atoms with van der Waals surface area (Å²) in [6, 6.07) is 6.10.